The van der Waals surface area contributed by atoms with E-state index in [0.29, 0.717) is 0 Å². The van der Waals surface area contributed by atoms with E-state index in [2.05, 4.69) is 157 Å². The van der Waals surface area contributed by atoms with Crippen molar-refractivity contribution in [1.82, 2.24) is 4.98 Å². The van der Waals surface area contributed by atoms with Gasteiger partial charge in [-0.1, -0.05) is 152 Å². The van der Waals surface area contributed by atoms with E-state index in [-0.39, 0.29) is 5.92 Å². The number of pyridine rings is 1. The maximum atomic E-state index is 4.64. The minimum Gasteiger partial charge on any atom is -0.263 e. The number of hydrogen-bond acceptors (Lipinski definition) is 1. The number of fused-ring (bicyclic) bond motifs is 4. The second-order valence-corrected chi connectivity index (χ2v) is 11.3. The Kier molecular flexibility index (Phi) is 6.09. The molecule has 1 nitrogen and oxygen atoms in total. The summed E-state index contributed by atoms with van der Waals surface area (Å²) in [6, 6.07) is 50.1. The SMILES string of the molecule is C=C1c2ccc3ccccc3c2C(c2ccccc2)=CC1c1ccc(-c2ccc(-c3cncc4ccccc34)cc2)cc1. The molecule has 8 rings (SSSR count). The van der Waals surface area contributed by atoms with Gasteiger partial charge in [0.25, 0.3) is 0 Å². The van der Waals surface area contributed by atoms with Crippen LogP contribution in [0, 0.1) is 0 Å². The van der Waals surface area contributed by atoms with Gasteiger partial charge >= 0.3 is 0 Å². The molecule has 0 N–H and O–H groups in total. The van der Waals surface area contributed by atoms with E-state index in [9.17, 15) is 0 Å². The van der Waals surface area contributed by atoms with Crippen molar-refractivity contribution < 1.29 is 0 Å². The van der Waals surface area contributed by atoms with Gasteiger partial charge in [-0.15, -0.1) is 0 Å². The largest absolute Gasteiger partial charge is 0.263 e. The Morgan fingerprint density at radius 1 is 0.465 bits per heavy atom. The fraction of sp³-hybridized carbons (Fsp3) is 0.0238. The van der Waals surface area contributed by atoms with E-state index in [1.807, 2.05) is 12.4 Å². The van der Waals surface area contributed by atoms with Crippen molar-refractivity contribution in [3.8, 4) is 22.3 Å². The lowest BCUT2D eigenvalue weighted by molar-refractivity contribution is 1.09. The molecule has 7 aromatic rings. The van der Waals surface area contributed by atoms with Gasteiger partial charge in [0.05, 0.1) is 0 Å². The molecule has 202 valence electrons. The minimum atomic E-state index is 0.0964. The van der Waals surface area contributed by atoms with Gasteiger partial charge in [0, 0.05) is 29.3 Å². The zero-order valence-electron chi connectivity index (χ0n) is 23.7. The van der Waals surface area contributed by atoms with Crippen molar-refractivity contribution in [3.05, 3.63) is 187 Å². The molecule has 0 saturated heterocycles. The van der Waals surface area contributed by atoms with Gasteiger partial charge in [0.15, 0.2) is 0 Å². The molecule has 0 fully saturated rings. The number of nitrogens with zero attached hydrogens (tertiary/aromatic N) is 1. The van der Waals surface area contributed by atoms with E-state index >= 15 is 0 Å². The average molecular weight is 548 g/mol. The minimum absolute atomic E-state index is 0.0964. The Morgan fingerprint density at radius 3 is 1.86 bits per heavy atom. The molecule has 6 aromatic carbocycles. The van der Waals surface area contributed by atoms with Crippen LogP contribution in [0.4, 0.5) is 0 Å². The van der Waals surface area contributed by atoms with Crippen molar-refractivity contribution in [3.63, 3.8) is 0 Å². The molecule has 0 spiro atoms. The first-order valence-corrected chi connectivity index (χ1v) is 14.8. The maximum Gasteiger partial charge on any atom is 0.0352 e. The first kappa shape index (κ1) is 25.2. The van der Waals surface area contributed by atoms with Crippen LogP contribution in [-0.4, -0.2) is 4.98 Å². The van der Waals surface area contributed by atoms with Gasteiger partial charge in [-0.2, -0.15) is 0 Å². The Bertz CT molecular complexity index is 2160. The van der Waals surface area contributed by atoms with Crippen molar-refractivity contribution in [2.75, 3.05) is 0 Å². The highest BCUT2D eigenvalue weighted by Gasteiger charge is 2.26. The lowest BCUT2D eigenvalue weighted by Gasteiger charge is -2.29. The monoisotopic (exact) mass is 547 g/mol. The number of aromatic nitrogens is 1. The number of benzene rings is 6. The molecule has 1 unspecified atom stereocenters. The Labute approximate surface area is 252 Å². The smallest absolute Gasteiger partial charge is 0.0352 e. The number of hydrogen-bond donors (Lipinski definition) is 0. The number of allylic oxidation sites excluding steroid dienone is 2. The molecule has 0 amide bonds. The normalized spacial score (nSPS) is 14.5. The highest BCUT2D eigenvalue weighted by Crippen LogP contribution is 2.46. The summed E-state index contributed by atoms with van der Waals surface area (Å²) >= 11 is 0. The first-order chi connectivity index (χ1) is 21.2. The molecule has 0 bridgehead atoms. The summed E-state index contributed by atoms with van der Waals surface area (Å²) < 4.78 is 0. The van der Waals surface area contributed by atoms with E-state index in [4.69, 9.17) is 0 Å². The second-order valence-electron chi connectivity index (χ2n) is 11.3. The first-order valence-electron chi connectivity index (χ1n) is 14.8. The molecule has 1 heteroatoms. The molecular formula is C42H29N. The summed E-state index contributed by atoms with van der Waals surface area (Å²) in [5, 5.41) is 4.90. The topological polar surface area (TPSA) is 12.9 Å². The quantitative estimate of drug-likeness (QED) is 0.214. The molecule has 0 radical (unpaired) electrons. The summed E-state index contributed by atoms with van der Waals surface area (Å²) in [7, 11) is 0. The fourth-order valence-corrected chi connectivity index (χ4v) is 6.57. The summed E-state index contributed by atoms with van der Waals surface area (Å²) in [6.07, 6.45) is 6.30. The molecule has 43 heavy (non-hydrogen) atoms. The van der Waals surface area contributed by atoms with E-state index in [0.717, 1.165) is 16.5 Å². The van der Waals surface area contributed by atoms with Crippen LogP contribution in [0.5, 0.6) is 0 Å². The third kappa shape index (κ3) is 4.38. The number of rotatable bonds is 4. The average Bonchev–Trinajstić information content (AvgIpc) is 3.09. The van der Waals surface area contributed by atoms with Crippen LogP contribution in [-0.2, 0) is 0 Å². The zero-order valence-corrected chi connectivity index (χ0v) is 23.7. The van der Waals surface area contributed by atoms with Crippen molar-refractivity contribution in [2.24, 2.45) is 0 Å². The molecule has 1 aliphatic rings. The van der Waals surface area contributed by atoms with Crippen molar-refractivity contribution in [2.45, 2.75) is 5.92 Å². The van der Waals surface area contributed by atoms with E-state index in [1.54, 1.807) is 0 Å². The van der Waals surface area contributed by atoms with Crippen molar-refractivity contribution >= 4 is 32.7 Å². The molecule has 1 aromatic heterocycles. The summed E-state index contributed by atoms with van der Waals surface area (Å²) in [5.74, 6) is 0.0964. The van der Waals surface area contributed by atoms with Crippen LogP contribution in [0.2, 0.25) is 0 Å². The van der Waals surface area contributed by atoms with Crippen LogP contribution in [0.15, 0.2) is 165 Å². The predicted octanol–water partition coefficient (Wildman–Crippen LogP) is 11.0. The lowest BCUT2D eigenvalue weighted by Crippen LogP contribution is -2.09. The van der Waals surface area contributed by atoms with Crippen LogP contribution in [0.1, 0.15) is 28.2 Å². The van der Waals surface area contributed by atoms with Gasteiger partial charge in [-0.3, -0.25) is 4.98 Å². The van der Waals surface area contributed by atoms with Crippen LogP contribution in [0.3, 0.4) is 0 Å². The molecule has 1 heterocycles. The molecule has 1 atom stereocenters. The molecular weight excluding hydrogens is 518 g/mol. The third-order valence-corrected chi connectivity index (χ3v) is 8.81. The van der Waals surface area contributed by atoms with Crippen LogP contribution < -0.4 is 0 Å². The van der Waals surface area contributed by atoms with Gasteiger partial charge in [-0.05, 0) is 66.2 Å². The predicted molar refractivity (Wildman–Crippen MR) is 182 cm³/mol. The van der Waals surface area contributed by atoms with Gasteiger partial charge in [0.1, 0.15) is 0 Å². The Balaban J connectivity index is 1.15. The Morgan fingerprint density at radius 2 is 1.09 bits per heavy atom. The van der Waals surface area contributed by atoms with Crippen LogP contribution in [0.25, 0.3) is 54.9 Å². The maximum absolute atomic E-state index is 4.64. The molecule has 0 saturated carbocycles. The van der Waals surface area contributed by atoms with Crippen molar-refractivity contribution in [1.29, 1.82) is 0 Å². The highest BCUT2D eigenvalue weighted by atomic mass is 14.6. The zero-order chi connectivity index (χ0) is 28.8. The van der Waals surface area contributed by atoms with Gasteiger partial charge < -0.3 is 0 Å². The van der Waals surface area contributed by atoms with Crippen LogP contribution >= 0.6 is 0 Å². The van der Waals surface area contributed by atoms with Gasteiger partial charge in [0.2, 0.25) is 0 Å². The third-order valence-electron chi connectivity index (χ3n) is 8.81. The summed E-state index contributed by atoms with van der Waals surface area (Å²) in [5.41, 5.74) is 12.1. The van der Waals surface area contributed by atoms with Gasteiger partial charge in [-0.25, -0.2) is 0 Å². The summed E-state index contributed by atoms with van der Waals surface area (Å²) in [4.78, 5) is 4.47. The summed E-state index contributed by atoms with van der Waals surface area (Å²) in [6.45, 7) is 4.64. The highest BCUT2D eigenvalue weighted by molar-refractivity contribution is 6.05. The fourth-order valence-electron chi connectivity index (χ4n) is 6.57. The Hall–Kier alpha value is -5.53. The van der Waals surface area contributed by atoms with E-state index in [1.165, 1.54) is 60.7 Å². The van der Waals surface area contributed by atoms with E-state index < -0.39 is 0 Å². The molecule has 1 aliphatic carbocycles. The molecule has 0 aliphatic heterocycles. The standard InChI is InChI=1S/C42H29N/c1-28-36-24-23-32-11-5-8-14-38(32)42(36)40(31-9-3-2-4-10-31)25-39(28)33-19-15-29(16-20-33)30-17-21-34(22-18-30)41-27-43-26-35-12-6-7-13-37(35)41/h2-27,39H,1H2. The lowest BCUT2D eigenvalue weighted by atomic mass is 9.75. The second kappa shape index (κ2) is 10.4.